The van der Waals surface area contributed by atoms with Crippen LogP contribution in [0.25, 0.3) is 0 Å². The largest absolute Gasteiger partial charge is 0.497 e. The number of likely N-dealkylation sites (tertiary alicyclic amines) is 1. The molecule has 1 aliphatic heterocycles. The van der Waals surface area contributed by atoms with Gasteiger partial charge in [-0.25, -0.2) is 4.79 Å². The van der Waals surface area contributed by atoms with Gasteiger partial charge in [-0.05, 0) is 66.8 Å². The van der Waals surface area contributed by atoms with Crippen molar-refractivity contribution in [2.75, 3.05) is 25.5 Å². The van der Waals surface area contributed by atoms with Crippen molar-refractivity contribution in [2.45, 2.75) is 32.3 Å². The third kappa shape index (κ3) is 6.50. The monoisotopic (exact) mass is 486 g/mol. The quantitative estimate of drug-likeness (QED) is 0.437. The minimum Gasteiger partial charge on any atom is -0.497 e. The van der Waals surface area contributed by atoms with E-state index in [0.29, 0.717) is 17.7 Å². The van der Waals surface area contributed by atoms with Crippen LogP contribution in [-0.4, -0.2) is 42.9 Å². The highest BCUT2D eigenvalue weighted by Crippen LogP contribution is 2.19. The average Bonchev–Trinajstić information content (AvgIpc) is 3.46. The maximum absolute atomic E-state index is 12.8. The summed E-state index contributed by atoms with van der Waals surface area (Å²) < 4.78 is 10.6. The van der Waals surface area contributed by atoms with E-state index in [1.165, 1.54) is 0 Å². The molecule has 0 spiro atoms. The van der Waals surface area contributed by atoms with Crippen LogP contribution in [0.1, 0.15) is 51.1 Å². The van der Waals surface area contributed by atoms with Crippen LogP contribution in [0.3, 0.4) is 0 Å². The number of para-hydroxylation sites is 1. The number of ether oxygens (including phenoxy) is 2. The first-order valence-electron chi connectivity index (χ1n) is 12.1. The Morgan fingerprint density at radius 1 is 0.861 bits per heavy atom. The molecule has 1 heterocycles. The number of aryl methyl sites for hydroxylation is 1. The van der Waals surface area contributed by atoms with Crippen molar-refractivity contribution in [1.82, 2.24) is 4.90 Å². The second-order valence-corrected chi connectivity index (χ2v) is 8.71. The van der Waals surface area contributed by atoms with Crippen LogP contribution in [0.5, 0.6) is 5.75 Å². The molecule has 3 aromatic carbocycles. The molecule has 0 atom stereocenters. The topological polar surface area (TPSA) is 84.9 Å². The lowest BCUT2D eigenvalue weighted by Gasteiger charge is -2.15. The van der Waals surface area contributed by atoms with E-state index in [1.807, 2.05) is 29.2 Å². The molecular weight excluding hydrogens is 456 g/mol. The number of benzene rings is 3. The van der Waals surface area contributed by atoms with E-state index in [4.69, 9.17) is 9.47 Å². The molecule has 0 aromatic heterocycles. The molecule has 1 N–H and O–H groups in total. The maximum atomic E-state index is 12.8. The number of hydrogen-bond acceptors (Lipinski definition) is 5. The van der Waals surface area contributed by atoms with E-state index in [0.717, 1.165) is 42.8 Å². The molecular formula is C29H30N2O5. The normalized spacial score (nSPS) is 12.8. The van der Waals surface area contributed by atoms with E-state index in [-0.39, 0.29) is 30.4 Å². The van der Waals surface area contributed by atoms with E-state index < -0.39 is 5.97 Å². The number of esters is 1. The fourth-order valence-corrected chi connectivity index (χ4v) is 4.11. The van der Waals surface area contributed by atoms with Gasteiger partial charge in [0.25, 0.3) is 5.91 Å². The van der Waals surface area contributed by atoms with Gasteiger partial charge in [0.1, 0.15) is 12.4 Å². The maximum Gasteiger partial charge on any atom is 0.340 e. The summed E-state index contributed by atoms with van der Waals surface area (Å²) >= 11 is 0. The van der Waals surface area contributed by atoms with Gasteiger partial charge in [0.2, 0.25) is 5.91 Å². The van der Waals surface area contributed by atoms with Crippen molar-refractivity contribution in [3.8, 4) is 5.75 Å². The van der Waals surface area contributed by atoms with Gasteiger partial charge in [0.05, 0.1) is 18.4 Å². The second kappa shape index (κ2) is 12.0. The zero-order valence-electron chi connectivity index (χ0n) is 20.4. The van der Waals surface area contributed by atoms with Gasteiger partial charge in [0, 0.05) is 25.1 Å². The van der Waals surface area contributed by atoms with Crippen LogP contribution in [0.15, 0.2) is 72.8 Å². The molecule has 0 aliphatic carbocycles. The molecule has 1 aliphatic rings. The summed E-state index contributed by atoms with van der Waals surface area (Å²) in [5.41, 5.74) is 3.13. The molecule has 4 rings (SSSR count). The van der Waals surface area contributed by atoms with Gasteiger partial charge < -0.3 is 19.7 Å². The fraction of sp³-hybridized carbons (Fsp3) is 0.276. The number of nitrogens with zero attached hydrogens (tertiary/aromatic N) is 1. The van der Waals surface area contributed by atoms with Crippen molar-refractivity contribution in [3.05, 3.63) is 95.1 Å². The SMILES string of the molecule is COc1ccc(CCC(=O)Nc2ccccc2C(=O)OCc2ccc(C(=O)N3CCCC3)cc2)cc1. The molecule has 0 unspecified atom stereocenters. The predicted octanol–water partition coefficient (Wildman–Crippen LogP) is 4.86. The van der Waals surface area contributed by atoms with E-state index in [1.54, 1.807) is 55.6 Å². The Hall–Kier alpha value is -4.13. The minimum absolute atomic E-state index is 0.0349. The Bertz CT molecular complexity index is 1200. The van der Waals surface area contributed by atoms with Crippen molar-refractivity contribution >= 4 is 23.5 Å². The van der Waals surface area contributed by atoms with Crippen molar-refractivity contribution < 1.29 is 23.9 Å². The average molecular weight is 487 g/mol. The van der Waals surface area contributed by atoms with Gasteiger partial charge in [0.15, 0.2) is 0 Å². The predicted molar refractivity (Wildman–Crippen MR) is 137 cm³/mol. The van der Waals surface area contributed by atoms with Gasteiger partial charge in [-0.15, -0.1) is 0 Å². The van der Waals surface area contributed by atoms with Crippen LogP contribution in [0.4, 0.5) is 5.69 Å². The molecule has 7 heteroatoms. The van der Waals surface area contributed by atoms with Gasteiger partial charge >= 0.3 is 5.97 Å². The molecule has 1 saturated heterocycles. The second-order valence-electron chi connectivity index (χ2n) is 8.71. The molecule has 36 heavy (non-hydrogen) atoms. The number of rotatable bonds is 9. The lowest BCUT2D eigenvalue weighted by molar-refractivity contribution is -0.116. The van der Waals surface area contributed by atoms with Crippen molar-refractivity contribution in [3.63, 3.8) is 0 Å². The summed E-state index contributed by atoms with van der Waals surface area (Å²) in [4.78, 5) is 39.6. The highest BCUT2D eigenvalue weighted by molar-refractivity contribution is 6.01. The molecule has 3 aromatic rings. The Morgan fingerprint density at radius 2 is 1.53 bits per heavy atom. The summed E-state index contributed by atoms with van der Waals surface area (Å²) in [6, 6.07) is 21.5. The van der Waals surface area contributed by atoms with E-state index >= 15 is 0 Å². The number of anilines is 1. The Kier molecular flexibility index (Phi) is 8.34. The first kappa shape index (κ1) is 25.0. The van der Waals surface area contributed by atoms with Crippen LogP contribution in [0.2, 0.25) is 0 Å². The molecule has 7 nitrogen and oxygen atoms in total. The highest BCUT2D eigenvalue weighted by atomic mass is 16.5. The Labute approximate surface area is 211 Å². The number of nitrogens with one attached hydrogen (secondary N) is 1. The molecule has 0 radical (unpaired) electrons. The third-order valence-electron chi connectivity index (χ3n) is 6.18. The summed E-state index contributed by atoms with van der Waals surface area (Å²) in [5.74, 6) is 0.0810. The molecule has 2 amide bonds. The Morgan fingerprint density at radius 3 is 2.22 bits per heavy atom. The highest BCUT2D eigenvalue weighted by Gasteiger charge is 2.19. The van der Waals surface area contributed by atoms with Gasteiger partial charge in [-0.3, -0.25) is 9.59 Å². The van der Waals surface area contributed by atoms with Crippen molar-refractivity contribution in [1.29, 1.82) is 0 Å². The summed E-state index contributed by atoms with van der Waals surface area (Å²) in [7, 11) is 1.61. The number of carbonyl (C=O) groups excluding carboxylic acids is 3. The lowest BCUT2D eigenvalue weighted by Crippen LogP contribution is -2.27. The number of amides is 2. The summed E-state index contributed by atoms with van der Waals surface area (Å²) in [5, 5.41) is 2.82. The number of methoxy groups -OCH3 is 1. The first-order chi connectivity index (χ1) is 17.5. The van der Waals surface area contributed by atoms with Crippen molar-refractivity contribution in [2.24, 2.45) is 0 Å². The van der Waals surface area contributed by atoms with Crippen LogP contribution in [-0.2, 0) is 22.6 Å². The minimum atomic E-state index is -0.529. The molecule has 1 fully saturated rings. The van der Waals surface area contributed by atoms with E-state index in [2.05, 4.69) is 5.32 Å². The van der Waals surface area contributed by atoms with E-state index in [9.17, 15) is 14.4 Å². The summed E-state index contributed by atoms with van der Waals surface area (Å²) in [6.07, 6.45) is 2.94. The smallest absolute Gasteiger partial charge is 0.340 e. The lowest BCUT2D eigenvalue weighted by atomic mass is 10.1. The Balaban J connectivity index is 1.30. The number of carbonyl (C=O) groups is 3. The number of hydrogen-bond donors (Lipinski definition) is 1. The standard InChI is InChI=1S/C29H30N2O5/c1-35-24-15-10-21(11-16-24)12-17-27(32)30-26-7-3-2-6-25(26)29(34)36-20-22-8-13-23(14-9-22)28(33)31-18-4-5-19-31/h2-3,6-11,13-16H,4-5,12,17-20H2,1H3,(H,30,32). The summed E-state index contributed by atoms with van der Waals surface area (Å²) in [6.45, 7) is 1.67. The zero-order chi connectivity index (χ0) is 25.3. The molecule has 186 valence electrons. The zero-order valence-corrected chi connectivity index (χ0v) is 20.4. The van der Waals surface area contributed by atoms with Crippen LogP contribution >= 0.6 is 0 Å². The molecule has 0 bridgehead atoms. The molecule has 0 saturated carbocycles. The first-order valence-corrected chi connectivity index (χ1v) is 12.1. The van der Waals surface area contributed by atoms with Crippen LogP contribution in [0, 0.1) is 0 Å². The van der Waals surface area contributed by atoms with Crippen LogP contribution < -0.4 is 10.1 Å². The van der Waals surface area contributed by atoms with Gasteiger partial charge in [-0.1, -0.05) is 36.4 Å². The fourth-order valence-electron chi connectivity index (χ4n) is 4.11. The third-order valence-corrected chi connectivity index (χ3v) is 6.18. The van der Waals surface area contributed by atoms with Gasteiger partial charge in [-0.2, -0.15) is 0 Å².